The first-order chi connectivity index (χ1) is 8.69. The monoisotopic (exact) mass is 308 g/mol. The van der Waals surface area contributed by atoms with Crippen molar-refractivity contribution < 1.29 is 0 Å². The van der Waals surface area contributed by atoms with Crippen LogP contribution in [0.5, 0.6) is 0 Å². The van der Waals surface area contributed by atoms with E-state index in [-0.39, 0.29) is 0 Å². The van der Waals surface area contributed by atoms with Gasteiger partial charge in [-0.05, 0) is 35.6 Å². The predicted molar refractivity (Wildman–Crippen MR) is 74.7 cm³/mol. The summed E-state index contributed by atoms with van der Waals surface area (Å²) in [7, 11) is 1.79. The average Bonchev–Trinajstić information content (AvgIpc) is 2.76. The summed E-state index contributed by atoms with van der Waals surface area (Å²) in [6, 6.07) is 8.51. The molecule has 96 valence electrons. The fraction of sp³-hybridized carbons (Fsp3) is 0.462. The molecule has 0 saturated heterocycles. The van der Waals surface area contributed by atoms with E-state index in [1.165, 1.54) is 15.9 Å². The van der Waals surface area contributed by atoms with Crippen LogP contribution in [-0.2, 0) is 19.9 Å². The van der Waals surface area contributed by atoms with Crippen molar-refractivity contribution in [2.24, 2.45) is 13.0 Å². The van der Waals surface area contributed by atoms with Gasteiger partial charge in [-0.25, -0.2) is 0 Å². The Labute approximate surface area is 116 Å². The minimum Gasteiger partial charge on any atom is -0.167 e. The second-order valence-electron chi connectivity index (χ2n) is 4.55. The first kappa shape index (κ1) is 13.2. The van der Waals surface area contributed by atoms with Crippen LogP contribution in [0.3, 0.4) is 0 Å². The zero-order valence-corrected chi connectivity index (χ0v) is 12.3. The Morgan fingerprint density at radius 3 is 2.67 bits per heavy atom. The topological polar surface area (TPSA) is 43.6 Å². The van der Waals surface area contributed by atoms with Crippen LogP contribution in [0.15, 0.2) is 24.3 Å². The molecule has 0 fully saturated rings. The highest BCUT2D eigenvalue weighted by Gasteiger charge is 2.13. The van der Waals surface area contributed by atoms with Gasteiger partial charge in [-0.2, -0.15) is 4.80 Å². The minimum atomic E-state index is 0.496. The molecule has 0 saturated carbocycles. The maximum Gasteiger partial charge on any atom is 0.175 e. The maximum absolute atomic E-state index is 4.24. The highest BCUT2D eigenvalue weighted by molar-refractivity contribution is 9.09. The molecular weight excluding hydrogens is 292 g/mol. The highest BCUT2D eigenvalue weighted by Crippen LogP contribution is 2.17. The third-order valence-electron chi connectivity index (χ3n) is 3.01. The summed E-state index contributed by atoms with van der Waals surface area (Å²) in [6.45, 7) is 2.15. The second-order valence-corrected chi connectivity index (χ2v) is 5.20. The van der Waals surface area contributed by atoms with Crippen molar-refractivity contribution in [3.63, 3.8) is 0 Å². The molecule has 0 aliphatic heterocycles. The molecule has 4 nitrogen and oxygen atoms in total. The zero-order chi connectivity index (χ0) is 13.0. The standard InChI is InChI=1S/C13H17BrN4/c1-10-5-3-4-6-12(10)7-11(9-14)8-13-15-17-18(2)16-13/h3-6,11H,7-9H2,1-2H3. The Morgan fingerprint density at radius 1 is 1.28 bits per heavy atom. The number of hydrogen-bond donors (Lipinski definition) is 0. The predicted octanol–water partition coefficient (Wildman–Crippen LogP) is 2.31. The third-order valence-corrected chi connectivity index (χ3v) is 3.92. The summed E-state index contributed by atoms with van der Waals surface area (Å²) in [5.74, 6) is 1.31. The Kier molecular flexibility index (Phi) is 4.47. The number of halogens is 1. The van der Waals surface area contributed by atoms with E-state index in [2.05, 4.69) is 62.5 Å². The van der Waals surface area contributed by atoms with Gasteiger partial charge in [0, 0.05) is 11.8 Å². The van der Waals surface area contributed by atoms with Gasteiger partial charge in [0.05, 0.1) is 7.05 Å². The Balaban J connectivity index is 2.04. The van der Waals surface area contributed by atoms with Crippen molar-refractivity contribution in [2.75, 3.05) is 5.33 Å². The summed E-state index contributed by atoms with van der Waals surface area (Å²) in [5.41, 5.74) is 2.74. The molecule has 0 amide bonds. The van der Waals surface area contributed by atoms with Crippen molar-refractivity contribution in [3.8, 4) is 0 Å². The minimum absolute atomic E-state index is 0.496. The molecule has 1 atom stereocenters. The molecule has 0 N–H and O–H groups in total. The Bertz CT molecular complexity index is 509. The van der Waals surface area contributed by atoms with Crippen molar-refractivity contribution in [2.45, 2.75) is 19.8 Å². The first-order valence-corrected chi connectivity index (χ1v) is 7.14. The number of alkyl halides is 1. The SMILES string of the molecule is Cc1ccccc1CC(CBr)Cc1nnn(C)n1. The highest BCUT2D eigenvalue weighted by atomic mass is 79.9. The molecule has 18 heavy (non-hydrogen) atoms. The Morgan fingerprint density at radius 2 is 2.06 bits per heavy atom. The molecule has 0 spiro atoms. The molecule has 5 heteroatoms. The van der Waals surface area contributed by atoms with Crippen molar-refractivity contribution in [3.05, 3.63) is 41.2 Å². The summed E-state index contributed by atoms with van der Waals surface area (Å²) < 4.78 is 0. The Hall–Kier alpha value is -1.23. The van der Waals surface area contributed by atoms with Gasteiger partial charge in [0.25, 0.3) is 0 Å². The van der Waals surface area contributed by atoms with Crippen molar-refractivity contribution in [1.29, 1.82) is 0 Å². The third kappa shape index (κ3) is 3.38. The number of benzene rings is 1. The fourth-order valence-electron chi connectivity index (χ4n) is 1.99. The van der Waals surface area contributed by atoms with Gasteiger partial charge in [0.2, 0.25) is 0 Å². The molecular formula is C13H17BrN4. The molecule has 1 heterocycles. The molecule has 0 radical (unpaired) electrons. The van der Waals surface area contributed by atoms with Gasteiger partial charge >= 0.3 is 0 Å². The van der Waals surface area contributed by atoms with Gasteiger partial charge in [-0.1, -0.05) is 40.2 Å². The maximum atomic E-state index is 4.24. The molecule has 2 aromatic rings. The summed E-state index contributed by atoms with van der Waals surface area (Å²) in [6.07, 6.45) is 1.89. The van der Waals surface area contributed by atoms with Crippen LogP contribution in [0.2, 0.25) is 0 Å². The van der Waals surface area contributed by atoms with E-state index in [1.807, 2.05) is 0 Å². The number of aryl methyl sites for hydroxylation is 2. The lowest BCUT2D eigenvalue weighted by Gasteiger charge is -2.13. The van der Waals surface area contributed by atoms with Crippen LogP contribution in [-0.4, -0.2) is 25.5 Å². The van der Waals surface area contributed by atoms with E-state index < -0.39 is 0 Å². The lowest BCUT2D eigenvalue weighted by Crippen LogP contribution is -2.12. The fourth-order valence-corrected chi connectivity index (χ4v) is 2.45. The lowest BCUT2D eigenvalue weighted by atomic mass is 9.95. The zero-order valence-electron chi connectivity index (χ0n) is 10.7. The van der Waals surface area contributed by atoms with E-state index in [4.69, 9.17) is 0 Å². The van der Waals surface area contributed by atoms with E-state index in [9.17, 15) is 0 Å². The average molecular weight is 309 g/mol. The number of rotatable bonds is 5. The van der Waals surface area contributed by atoms with Gasteiger partial charge in [-0.3, -0.25) is 0 Å². The van der Waals surface area contributed by atoms with Crippen LogP contribution in [0, 0.1) is 12.8 Å². The van der Waals surface area contributed by atoms with E-state index in [0.29, 0.717) is 5.92 Å². The van der Waals surface area contributed by atoms with Crippen LogP contribution in [0.25, 0.3) is 0 Å². The number of nitrogens with zero attached hydrogens (tertiary/aromatic N) is 4. The number of aromatic nitrogens is 4. The van der Waals surface area contributed by atoms with Crippen molar-refractivity contribution >= 4 is 15.9 Å². The molecule has 0 aliphatic carbocycles. The molecule has 1 unspecified atom stereocenters. The number of hydrogen-bond acceptors (Lipinski definition) is 3. The van der Waals surface area contributed by atoms with Crippen LogP contribution < -0.4 is 0 Å². The van der Waals surface area contributed by atoms with E-state index in [1.54, 1.807) is 7.05 Å². The molecule has 0 aliphatic rings. The normalized spacial score (nSPS) is 12.6. The largest absolute Gasteiger partial charge is 0.175 e. The lowest BCUT2D eigenvalue weighted by molar-refractivity contribution is 0.565. The van der Waals surface area contributed by atoms with Crippen LogP contribution in [0.1, 0.15) is 17.0 Å². The smallest absolute Gasteiger partial charge is 0.167 e. The molecule has 0 bridgehead atoms. The van der Waals surface area contributed by atoms with Crippen molar-refractivity contribution in [1.82, 2.24) is 20.2 Å². The quantitative estimate of drug-likeness (QED) is 0.796. The summed E-state index contributed by atoms with van der Waals surface area (Å²) in [5, 5.41) is 13.1. The number of tetrazole rings is 1. The molecule has 1 aromatic heterocycles. The van der Waals surface area contributed by atoms with Gasteiger partial charge < -0.3 is 0 Å². The summed E-state index contributed by atoms with van der Waals surface area (Å²) >= 11 is 3.58. The second kappa shape index (κ2) is 6.09. The van der Waals surface area contributed by atoms with E-state index in [0.717, 1.165) is 24.0 Å². The molecule has 2 rings (SSSR count). The van der Waals surface area contributed by atoms with Crippen LogP contribution >= 0.6 is 15.9 Å². The van der Waals surface area contributed by atoms with Gasteiger partial charge in [-0.15, -0.1) is 10.2 Å². The van der Waals surface area contributed by atoms with Gasteiger partial charge in [0.15, 0.2) is 5.82 Å². The summed E-state index contributed by atoms with van der Waals surface area (Å²) in [4.78, 5) is 1.51. The first-order valence-electron chi connectivity index (χ1n) is 6.02. The molecule has 1 aromatic carbocycles. The van der Waals surface area contributed by atoms with E-state index >= 15 is 0 Å². The van der Waals surface area contributed by atoms with Crippen LogP contribution in [0.4, 0.5) is 0 Å². The van der Waals surface area contributed by atoms with Gasteiger partial charge in [0.1, 0.15) is 0 Å².